The SMILES string of the molecule is O=C(CNC(=O)c1cccc(F)c1)N=Nc1c(O)n(CCc2ccccc2)c2ccccc12. The number of aromatic nitrogens is 1. The number of hydrogen-bond acceptors (Lipinski definition) is 4. The average molecular weight is 444 g/mol. The number of para-hydroxylation sites is 1. The fourth-order valence-electron chi connectivity index (χ4n) is 3.51. The Morgan fingerprint density at radius 2 is 1.73 bits per heavy atom. The molecule has 0 unspecified atom stereocenters. The van der Waals surface area contributed by atoms with Crippen LogP contribution in [0.4, 0.5) is 10.1 Å². The Morgan fingerprint density at radius 3 is 2.52 bits per heavy atom. The highest BCUT2D eigenvalue weighted by Crippen LogP contribution is 2.38. The van der Waals surface area contributed by atoms with E-state index >= 15 is 0 Å². The predicted molar refractivity (Wildman–Crippen MR) is 122 cm³/mol. The minimum absolute atomic E-state index is 0.0903. The average Bonchev–Trinajstić information content (AvgIpc) is 3.11. The van der Waals surface area contributed by atoms with Crippen molar-refractivity contribution >= 4 is 28.4 Å². The van der Waals surface area contributed by atoms with Crippen molar-refractivity contribution in [3.63, 3.8) is 0 Å². The number of halogens is 1. The van der Waals surface area contributed by atoms with Crippen LogP contribution < -0.4 is 5.32 Å². The van der Waals surface area contributed by atoms with Crippen molar-refractivity contribution in [1.82, 2.24) is 9.88 Å². The number of fused-ring (bicyclic) bond motifs is 1. The number of carbonyl (C=O) groups is 2. The maximum atomic E-state index is 13.2. The molecule has 2 N–H and O–H groups in total. The van der Waals surface area contributed by atoms with Gasteiger partial charge in [-0.1, -0.05) is 54.6 Å². The van der Waals surface area contributed by atoms with Crippen molar-refractivity contribution in [3.05, 3.63) is 95.8 Å². The fraction of sp³-hybridized carbons (Fsp3) is 0.120. The Kier molecular flexibility index (Phi) is 6.54. The Labute approximate surface area is 189 Å². The molecule has 0 saturated carbocycles. The van der Waals surface area contributed by atoms with E-state index in [9.17, 15) is 19.1 Å². The van der Waals surface area contributed by atoms with Gasteiger partial charge in [0, 0.05) is 17.5 Å². The highest BCUT2D eigenvalue weighted by molar-refractivity contribution is 5.97. The standard InChI is InChI=1S/C25H21FN4O3/c26-19-10-6-9-18(15-19)24(32)27-16-22(31)28-29-23-20-11-4-5-12-21(20)30(25(23)33)14-13-17-7-2-1-3-8-17/h1-12,15,33H,13-14,16H2,(H,27,32). The van der Waals surface area contributed by atoms with Crippen molar-refractivity contribution in [1.29, 1.82) is 0 Å². The molecule has 0 radical (unpaired) electrons. The smallest absolute Gasteiger partial charge is 0.283 e. The molecule has 4 aromatic rings. The first-order valence-corrected chi connectivity index (χ1v) is 10.4. The fourth-order valence-corrected chi connectivity index (χ4v) is 3.51. The molecule has 2 amide bonds. The number of nitrogens with zero attached hydrogens (tertiary/aromatic N) is 3. The van der Waals surface area contributed by atoms with E-state index < -0.39 is 24.2 Å². The van der Waals surface area contributed by atoms with Crippen LogP contribution in [-0.4, -0.2) is 28.0 Å². The number of hydrogen-bond donors (Lipinski definition) is 2. The summed E-state index contributed by atoms with van der Waals surface area (Å²) < 4.78 is 15.0. The Hall–Kier alpha value is -4.33. The highest BCUT2D eigenvalue weighted by atomic mass is 19.1. The molecule has 8 heteroatoms. The summed E-state index contributed by atoms with van der Waals surface area (Å²) in [5, 5.41) is 21.4. The zero-order valence-corrected chi connectivity index (χ0v) is 17.6. The molecule has 0 aliphatic rings. The van der Waals surface area contributed by atoms with Crippen LogP contribution in [0.25, 0.3) is 10.9 Å². The molecule has 0 fully saturated rings. The second-order valence-electron chi connectivity index (χ2n) is 7.36. The summed E-state index contributed by atoms with van der Waals surface area (Å²) in [4.78, 5) is 24.2. The third-order valence-corrected chi connectivity index (χ3v) is 5.13. The summed E-state index contributed by atoms with van der Waals surface area (Å²) in [6, 6.07) is 22.3. The zero-order valence-electron chi connectivity index (χ0n) is 17.6. The maximum absolute atomic E-state index is 13.2. The molecule has 33 heavy (non-hydrogen) atoms. The summed E-state index contributed by atoms with van der Waals surface area (Å²) in [6.07, 6.45) is 0.703. The van der Waals surface area contributed by atoms with E-state index in [0.29, 0.717) is 18.4 Å². The highest BCUT2D eigenvalue weighted by Gasteiger charge is 2.17. The van der Waals surface area contributed by atoms with Crippen LogP contribution in [0.2, 0.25) is 0 Å². The van der Waals surface area contributed by atoms with Crippen molar-refractivity contribution in [2.24, 2.45) is 10.2 Å². The third-order valence-electron chi connectivity index (χ3n) is 5.13. The van der Waals surface area contributed by atoms with Crippen LogP contribution in [-0.2, 0) is 17.8 Å². The van der Waals surface area contributed by atoms with E-state index in [-0.39, 0.29) is 17.1 Å². The van der Waals surface area contributed by atoms with Crippen LogP contribution in [0, 0.1) is 5.82 Å². The van der Waals surface area contributed by atoms with Crippen LogP contribution in [0.15, 0.2) is 89.1 Å². The number of amides is 2. The van der Waals surface area contributed by atoms with Gasteiger partial charge in [-0.3, -0.25) is 9.59 Å². The molecule has 7 nitrogen and oxygen atoms in total. The number of aryl methyl sites for hydroxylation is 2. The normalized spacial score (nSPS) is 11.2. The van der Waals surface area contributed by atoms with Gasteiger partial charge in [0.15, 0.2) is 5.69 Å². The molecule has 0 atom stereocenters. The Bertz CT molecular complexity index is 1330. The lowest BCUT2D eigenvalue weighted by Crippen LogP contribution is -2.28. The van der Waals surface area contributed by atoms with Gasteiger partial charge in [0.1, 0.15) is 12.4 Å². The lowest BCUT2D eigenvalue weighted by atomic mass is 10.1. The number of aromatic hydroxyl groups is 1. The summed E-state index contributed by atoms with van der Waals surface area (Å²) >= 11 is 0. The van der Waals surface area contributed by atoms with Crippen molar-refractivity contribution in [3.8, 4) is 5.88 Å². The Balaban J connectivity index is 1.48. The molecule has 3 aromatic carbocycles. The van der Waals surface area contributed by atoms with Gasteiger partial charge in [-0.25, -0.2) is 4.39 Å². The first kappa shape index (κ1) is 21.9. The molecule has 0 saturated heterocycles. The molecule has 1 heterocycles. The first-order valence-electron chi connectivity index (χ1n) is 10.4. The third kappa shape index (κ3) is 5.12. The van der Waals surface area contributed by atoms with Gasteiger partial charge in [0.25, 0.3) is 11.8 Å². The van der Waals surface area contributed by atoms with Gasteiger partial charge >= 0.3 is 0 Å². The van der Waals surface area contributed by atoms with Gasteiger partial charge in [0.2, 0.25) is 5.88 Å². The molecule has 0 spiro atoms. The lowest BCUT2D eigenvalue weighted by Gasteiger charge is -2.07. The summed E-state index contributed by atoms with van der Waals surface area (Å²) in [5.74, 6) is -1.95. The number of azo groups is 1. The monoisotopic (exact) mass is 444 g/mol. The topological polar surface area (TPSA) is 96.1 Å². The minimum Gasteiger partial charge on any atom is -0.493 e. The van der Waals surface area contributed by atoms with Crippen molar-refractivity contribution in [2.45, 2.75) is 13.0 Å². The van der Waals surface area contributed by atoms with Crippen molar-refractivity contribution in [2.75, 3.05) is 6.54 Å². The van der Waals surface area contributed by atoms with E-state index in [1.807, 2.05) is 48.5 Å². The number of carbonyl (C=O) groups excluding carboxylic acids is 2. The maximum Gasteiger partial charge on any atom is 0.283 e. The van der Waals surface area contributed by atoms with Gasteiger partial charge in [-0.15, -0.1) is 10.2 Å². The largest absolute Gasteiger partial charge is 0.493 e. The molecule has 0 bridgehead atoms. The van der Waals surface area contributed by atoms with Gasteiger partial charge in [-0.2, -0.15) is 0 Å². The minimum atomic E-state index is -0.708. The Morgan fingerprint density at radius 1 is 0.970 bits per heavy atom. The lowest BCUT2D eigenvalue weighted by molar-refractivity contribution is -0.117. The molecular weight excluding hydrogens is 423 g/mol. The van der Waals surface area contributed by atoms with Crippen LogP contribution in [0.3, 0.4) is 0 Å². The second kappa shape index (κ2) is 9.86. The number of nitrogens with one attached hydrogen (secondary N) is 1. The van der Waals surface area contributed by atoms with E-state index in [2.05, 4.69) is 15.5 Å². The van der Waals surface area contributed by atoms with Crippen LogP contribution in [0.5, 0.6) is 5.88 Å². The van der Waals surface area contributed by atoms with Crippen molar-refractivity contribution < 1.29 is 19.1 Å². The molecule has 1 aromatic heterocycles. The van der Waals surface area contributed by atoms with E-state index in [0.717, 1.165) is 17.1 Å². The van der Waals surface area contributed by atoms with E-state index in [1.54, 1.807) is 10.6 Å². The van der Waals surface area contributed by atoms with Gasteiger partial charge in [-0.05, 0) is 36.2 Å². The molecular formula is C25H21FN4O3. The van der Waals surface area contributed by atoms with Gasteiger partial charge < -0.3 is 15.0 Å². The van der Waals surface area contributed by atoms with E-state index in [4.69, 9.17) is 0 Å². The van der Waals surface area contributed by atoms with Gasteiger partial charge in [0.05, 0.1) is 5.52 Å². The number of benzene rings is 3. The molecule has 166 valence electrons. The summed E-state index contributed by atoms with van der Waals surface area (Å²) in [7, 11) is 0. The molecule has 0 aliphatic carbocycles. The summed E-state index contributed by atoms with van der Waals surface area (Å²) in [6.45, 7) is 0.107. The van der Waals surface area contributed by atoms with Crippen LogP contribution >= 0.6 is 0 Å². The number of rotatable bonds is 7. The van der Waals surface area contributed by atoms with Crippen LogP contribution in [0.1, 0.15) is 15.9 Å². The second-order valence-corrected chi connectivity index (χ2v) is 7.36. The predicted octanol–water partition coefficient (Wildman–Crippen LogP) is 4.77. The summed E-state index contributed by atoms with van der Waals surface area (Å²) in [5.41, 5.74) is 2.18. The molecule has 4 rings (SSSR count). The first-order chi connectivity index (χ1) is 16.0. The molecule has 0 aliphatic heterocycles. The van der Waals surface area contributed by atoms with E-state index in [1.165, 1.54) is 18.2 Å². The quantitative estimate of drug-likeness (QED) is 0.402. The zero-order chi connectivity index (χ0) is 23.2.